The third-order valence-corrected chi connectivity index (χ3v) is 8.82. The maximum absolute atomic E-state index is 13.5. The van der Waals surface area contributed by atoms with E-state index >= 15 is 0 Å². The number of rotatable bonds is 4. The normalized spacial score (nSPS) is 19.1. The highest BCUT2D eigenvalue weighted by molar-refractivity contribution is 7.89. The van der Waals surface area contributed by atoms with Crippen LogP contribution in [0.15, 0.2) is 46.3 Å². The van der Waals surface area contributed by atoms with Crippen molar-refractivity contribution in [1.29, 1.82) is 0 Å². The maximum Gasteiger partial charge on any atom is 0.243 e. The first-order chi connectivity index (χ1) is 15.2. The molecule has 7 heteroatoms. The van der Waals surface area contributed by atoms with Crippen LogP contribution < -0.4 is 10.6 Å². The van der Waals surface area contributed by atoms with Crippen molar-refractivity contribution in [2.75, 3.05) is 26.2 Å². The second-order valence-electron chi connectivity index (χ2n) is 9.21. The van der Waals surface area contributed by atoms with Crippen molar-refractivity contribution in [3.8, 4) is 0 Å². The van der Waals surface area contributed by atoms with E-state index in [9.17, 15) is 8.42 Å². The smallest absolute Gasteiger partial charge is 0.243 e. The van der Waals surface area contributed by atoms with Gasteiger partial charge in [-0.1, -0.05) is 47.5 Å². The lowest BCUT2D eigenvalue weighted by atomic mass is 9.85. The fourth-order valence-electron chi connectivity index (χ4n) is 5.16. The van der Waals surface area contributed by atoms with Gasteiger partial charge in [-0.2, -0.15) is 4.31 Å². The Morgan fingerprint density at radius 2 is 1.72 bits per heavy atom. The molecule has 2 heterocycles. The van der Waals surface area contributed by atoms with Crippen LogP contribution in [0.5, 0.6) is 0 Å². The molecule has 6 nitrogen and oxygen atoms in total. The summed E-state index contributed by atoms with van der Waals surface area (Å²) in [6.07, 6.45) is 1.41. The molecule has 1 fully saturated rings. The first kappa shape index (κ1) is 23.0. The van der Waals surface area contributed by atoms with Crippen molar-refractivity contribution in [1.82, 2.24) is 14.9 Å². The molecule has 2 aliphatic heterocycles. The second kappa shape index (κ2) is 8.96. The number of hydrogen-bond donors (Lipinski definition) is 2. The van der Waals surface area contributed by atoms with Crippen molar-refractivity contribution in [3.05, 3.63) is 64.2 Å². The Morgan fingerprint density at radius 1 is 1.03 bits per heavy atom. The Bertz CT molecular complexity index is 1110. The Labute approximate surface area is 192 Å². The Hall–Kier alpha value is -2.22. The van der Waals surface area contributed by atoms with Gasteiger partial charge in [-0.15, -0.1) is 0 Å². The number of nitrogens with zero attached hydrogens (tertiary/aromatic N) is 2. The summed E-state index contributed by atoms with van der Waals surface area (Å²) in [5.74, 6) is 0.963. The van der Waals surface area contributed by atoms with Crippen LogP contribution in [-0.2, 0) is 16.6 Å². The minimum Gasteiger partial charge on any atom is -0.368 e. The summed E-state index contributed by atoms with van der Waals surface area (Å²) in [6, 6.07) is 12.4. The topological polar surface area (TPSA) is 73.8 Å². The summed E-state index contributed by atoms with van der Waals surface area (Å²) in [4.78, 5) is 5.26. The van der Waals surface area contributed by atoms with E-state index < -0.39 is 10.0 Å². The van der Waals surface area contributed by atoms with E-state index in [-0.39, 0.29) is 5.54 Å². The average molecular weight is 455 g/mol. The molecule has 2 aliphatic rings. The van der Waals surface area contributed by atoms with E-state index in [1.807, 2.05) is 32.9 Å². The molecule has 4 rings (SSSR count). The summed E-state index contributed by atoms with van der Waals surface area (Å²) in [5, 5.41) is 7.21. The molecule has 172 valence electrons. The van der Waals surface area contributed by atoms with Gasteiger partial charge in [-0.05, 0) is 57.2 Å². The predicted octanol–water partition coefficient (Wildman–Crippen LogP) is 3.24. The van der Waals surface area contributed by atoms with Crippen molar-refractivity contribution in [3.63, 3.8) is 0 Å². The molecule has 0 bridgehead atoms. The standard InChI is InChI=1S/C25H34N4O2S/c1-18-6-5-7-22(16-18)17-27-24-25(28-11-10-26-24)8-12-29(13-9-25)32(30,31)23-20(3)14-19(2)15-21(23)4/h5-7,14-16,28H,8-13,17H2,1-4H3,(H,26,27). The minimum absolute atomic E-state index is 0.286. The third-order valence-electron chi connectivity index (χ3n) is 6.62. The van der Waals surface area contributed by atoms with Gasteiger partial charge in [0.1, 0.15) is 5.84 Å². The molecule has 2 aromatic rings. The van der Waals surface area contributed by atoms with Gasteiger partial charge in [-0.25, -0.2) is 8.42 Å². The summed E-state index contributed by atoms with van der Waals surface area (Å²) < 4.78 is 28.6. The molecule has 1 spiro atoms. The lowest BCUT2D eigenvalue weighted by Gasteiger charge is -2.44. The fraction of sp³-hybridized carbons (Fsp3) is 0.480. The number of sulfonamides is 1. The highest BCUT2D eigenvalue weighted by Crippen LogP contribution is 2.31. The lowest BCUT2D eigenvalue weighted by Crippen LogP contribution is -2.64. The van der Waals surface area contributed by atoms with Crippen LogP contribution >= 0.6 is 0 Å². The van der Waals surface area contributed by atoms with E-state index in [4.69, 9.17) is 4.99 Å². The van der Waals surface area contributed by atoms with E-state index in [1.54, 1.807) is 4.31 Å². The Balaban J connectivity index is 1.50. The lowest BCUT2D eigenvalue weighted by molar-refractivity contribution is 0.241. The van der Waals surface area contributed by atoms with Gasteiger partial charge in [0.2, 0.25) is 10.0 Å². The monoisotopic (exact) mass is 454 g/mol. The zero-order valence-corrected chi connectivity index (χ0v) is 20.3. The molecule has 2 N–H and O–H groups in total. The zero-order chi connectivity index (χ0) is 22.9. The van der Waals surface area contributed by atoms with Gasteiger partial charge in [-0.3, -0.25) is 4.99 Å². The molecule has 1 saturated heterocycles. The SMILES string of the molecule is Cc1cccc(CNC2=NCCNC23CCN(S(=O)(=O)c2c(C)cc(C)cc2C)CC3)c1. The summed E-state index contributed by atoms with van der Waals surface area (Å²) in [6.45, 7) is 11.1. The minimum atomic E-state index is -3.53. The van der Waals surface area contributed by atoms with Crippen LogP contribution in [-0.4, -0.2) is 50.3 Å². The van der Waals surface area contributed by atoms with Gasteiger partial charge in [0, 0.05) is 26.2 Å². The van der Waals surface area contributed by atoms with Gasteiger partial charge >= 0.3 is 0 Å². The first-order valence-corrected chi connectivity index (χ1v) is 12.8. The Morgan fingerprint density at radius 3 is 2.38 bits per heavy atom. The van der Waals surface area contributed by atoms with Gasteiger partial charge in [0.15, 0.2) is 0 Å². The molecule has 0 aliphatic carbocycles. The summed E-state index contributed by atoms with van der Waals surface area (Å²) >= 11 is 0. The maximum atomic E-state index is 13.5. The quantitative estimate of drug-likeness (QED) is 0.744. The van der Waals surface area contributed by atoms with Crippen molar-refractivity contribution in [2.24, 2.45) is 4.99 Å². The average Bonchev–Trinajstić information content (AvgIpc) is 2.73. The summed E-state index contributed by atoms with van der Waals surface area (Å²) in [7, 11) is -3.53. The molecular formula is C25H34N4O2S. The second-order valence-corrected chi connectivity index (χ2v) is 11.1. The van der Waals surface area contributed by atoms with Crippen molar-refractivity contribution < 1.29 is 8.42 Å². The van der Waals surface area contributed by atoms with E-state index in [2.05, 4.69) is 41.8 Å². The number of hydrogen-bond acceptors (Lipinski definition) is 5. The van der Waals surface area contributed by atoms with Crippen LogP contribution in [0, 0.1) is 27.7 Å². The number of piperidine rings is 1. The molecule has 0 amide bonds. The number of nitrogens with one attached hydrogen (secondary N) is 2. The van der Waals surface area contributed by atoms with Gasteiger partial charge in [0.05, 0.1) is 17.0 Å². The highest BCUT2D eigenvalue weighted by atomic mass is 32.2. The molecular weight excluding hydrogens is 420 g/mol. The van der Waals surface area contributed by atoms with Crippen LogP contribution in [0.1, 0.15) is 40.7 Å². The number of amidine groups is 1. The Kier molecular flexibility index (Phi) is 6.43. The molecule has 2 aromatic carbocycles. The van der Waals surface area contributed by atoms with E-state index in [1.165, 1.54) is 11.1 Å². The zero-order valence-electron chi connectivity index (χ0n) is 19.5. The number of aryl methyl sites for hydroxylation is 4. The van der Waals surface area contributed by atoms with E-state index in [0.717, 1.165) is 35.6 Å². The van der Waals surface area contributed by atoms with E-state index in [0.29, 0.717) is 37.4 Å². The molecule has 0 saturated carbocycles. The van der Waals surface area contributed by atoms with Gasteiger partial charge in [0.25, 0.3) is 0 Å². The molecule has 0 atom stereocenters. The van der Waals surface area contributed by atoms with Crippen LogP contribution in [0.2, 0.25) is 0 Å². The van der Waals surface area contributed by atoms with Crippen LogP contribution in [0.25, 0.3) is 0 Å². The van der Waals surface area contributed by atoms with Crippen molar-refractivity contribution in [2.45, 2.75) is 57.5 Å². The largest absolute Gasteiger partial charge is 0.368 e. The fourth-order valence-corrected chi connectivity index (χ4v) is 7.01. The molecule has 0 aromatic heterocycles. The van der Waals surface area contributed by atoms with Gasteiger partial charge < -0.3 is 10.6 Å². The highest BCUT2D eigenvalue weighted by Gasteiger charge is 2.43. The molecule has 32 heavy (non-hydrogen) atoms. The predicted molar refractivity (Wildman–Crippen MR) is 130 cm³/mol. The van der Waals surface area contributed by atoms with Crippen LogP contribution in [0.3, 0.4) is 0 Å². The third kappa shape index (κ3) is 4.47. The number of aliphatic imine (C=N–C) groups is 1. The summed E-state index contributed by atoms with van der Waals surface area (Å²) in [5.41, 5.74) is 4.90. The van der Waals surface area contributed by atoms with Crippen molar-refractivity contribution >= 4 is 15.9 Å². The van der Waals surface area contributed by atoms with Crippen LogP contribution in [0.4, 0.5) is 0 Å². The molecule has 0 unspecified atom stereocenters. The first-order valence-electron chi connectivity index (χ1n) is 11.4. The number of benzene rings is 2. The molecule has 0 radical (unpaired) electrons.